The molecule has 8 nitrogen and oxygen atoms in total. The zero-order valence-electron chi connectivity index (χ0n) is 12.8. The van der Waals surface area contributed by atoms with Crippen molar-refractivity contribution in [2.45, 2.75) is 6.18 Å². The number of aromatic nitrogens is 2. The molecule has 0 aliphatic rings. The molecule has 0 aliphatic carbocycles. The number of alkyl halides is 3. The molecule has 26 heavy (non-hydrogen) atoms. The van der Waals surface area contributed by atoms with E-state index in [1.807, 2.05) is 0 Å². The lowest BCUT2D eigenvalue weighted by molar-refractivity contribution is -0.137. The molecule has 134 valence electrons. The number of hydrogen-bond acceptors (Lipinski definition) is 7. The molecule has 0 atom stereocenters. The van der Waals surface area contributed by atoms with Gasteiger partial charge in [-0.25, -0.2) is 10.1 Å². The number of nitrogens with two attached hydrogens (primary N) is 1. The van der Waals surface area contributed by atoms with E-state index >= 15 is 0 Å². The second kappa shape index (κ2) is 6.70. The predicted octanol–water partition coefficient (Wildman–Crippen LogP) is 2.69. The fraction of sp³-hybridized carbons (Fsp3) is 0.0667. The van der Waals surface area contributed by atoms with Gasteiger partial charge in [0.15, 0.2) is 0 Å². The van der Waals surface area contributed by atoms with Gasteiger partial charge >= 0.3 is 6.18 Å². The molecule has 3 N–H and O–H groups in total. The predicted molar refractivity (Wildman–Crippen MR) is 82.9 cm³/mol. The van der Waals surface area contributed by atoms with Crippen molar-refractivity contribution in [3.8, 4) is 11.3 Å². The fourth-order valence-electron chi connectivity index (χ4n) is 1.99. The molecule has 1 aromatic carbocycles. The highest BCUT2D eigenvalue weighted by atomic mass is 19.4. The third-order valence-corrected chi connectivity index (χ3v) is 3.19. The molecule has 11 heteroatoms. The van der Waals surface area contributed by atoms with Crippen molar-refractivity contribution < 1.29 is 27.0 Å². The van der Waals surface area contributed by atoms with E-state index in [1.165, 1.54) is 30.5 Å². The number of nitrogens with zero attached hydrogens (tertiary/aromatic N) is 3. The van der Waals surface area contributed by atoms with Crippen LogP contribution in [0.1, 0.15) is 21.8 Å². The first-order chi connectivity index (χ1) is 12.3. The van der Waals surface area contributed by atoms with E-state index < -0.39 is 17.6 Å². The first kappa shape index (κ1) is 17.2. The van der Waals surface area contributed by atoms with Gasteiger partial charge in [0.1, 0.15) is 11.5 Å². The number of hydrazone groups is 1. The number of furan rings is 1. The maximum Gasteiger partial charge on any atom is 0.416 e. The van der Waals surface area contributed by atoms with Gasteiger partial charge in [-0.3, -0.25) is 4.79 Å². The normalized spacial score (nSPS) is 11.8. The van der Waals surface area contributed by atoms with Crippen LogP contribution in [0.3, 0.4) is 0 Å². The van der Waals surface area contributed by atoms with E-state index in [0.717, 1.165) is 12.1 Å². The maximum absolute atomic E-state index is 12.8. The lowest BCUT2D eigenvalue weighted by Crippen LogP contribution is -2.19. The first-order valence-electron chi connectivity index (χ1n) is 7.03. The molecule has 2 aromatic heterocycles. The van der Waals surface area contributed by atoms with Crippen LogP contribution in [0.25, 0.3) is 11.3 Å². The van der Waals surface area contributed by atoms with Crippen molar-refractivity contribution in [1.82, 2.24) is 15.7 Å². The van der Waals surface area contributed by atoms with Crippen molar-refractivity contribution in [2.75, 3.05) is 5.73 Å². The molecular weight excluding hydrogens is 355 g/mol. The maximum atomic E-state index is 12.8. The molecule has 0 fully saturated rings. The van der Waals surface area contributed by atoms with Crippen molar-refractivity contribution in [1.29, 1.82) is 0 Å². The number of halogens is 3. The third kappa shape index (κ3) is 3.71. The summed E-state index contributed by atoms with van der Waals surface area (Å²) in [5.74, 6) is -0.509. The SMILES string of the molecule is Nc1nonc1C(=O)N/N=C\c1ccc(-c2cccc(C(F)(F)F)c2)o1. The number of benzene rings is 1. The van der Waals surface area contributed by atoms with E-state index in [2.05, 4.69) is 25.5 Å². The van der Waals surface area contributed by atoms with Crippen LogP contribution >= 0.6 is 0 Å². The van der Waals surface area contributed by atoms with Gasteiger partial charge in [-0.15, -0.1) is 0 Å². The minimum Gasteiger partial charge on any atom is -0.455 e. The van der Waals surface area contributed by atoms with Crippen LogP contribution in [0.15, 0.2) is 50.5 Å². The Balaban J connectivity index is 1.70. The number of carbonyl (C=O) groups is 1. The summed E-state index contributed by atoms with van der Waals surface area (Å²) in [4.78, 5) is 11.7. The van der Waals surface area contributed by atoms with Crippen molar-refractivity contribution in [3.63, 3.8) is 0 Å². The van der Waals surface area contributed by atoms with Crippen LogP contribution in [-0.2, 0) is 6.18 Å². The number of amides is 1. The Kier molecular flexibility index (Phi) is 4.43. The summed E-state index contributed by atoms with van der Waals surface area (Å²) < 4.78 is 48.0. The van der Waals surface area contributed by atoms with Crippen LogP contribution in [-0.4, -0.2) is 22.4 Å². The van der Waals surface area contributed by atoms with E-state index in [4.69, 9.17) is 10.2 Å². The van der Waals surface area contributed by atoms with Crippen LogP contribution < -0.4 is 11.2 Å². The number of carbonyl (C=O) groups excluding carboxylic acids is 1. The minimum atomic E-state index is -4.45. The summed E-state index contributed by atoms with van der Waals surface area (Å²) in [6.07, 6.45) is -3.28. The van der Waals surface area contributed by atoms with Gasteiger partial charge in [-0.2, -0.15) is 18.3 Å². The molecule has 0 saturated heterocycles. The van der Waals surface area contributed by atoms with Gasteiger partial charge < -0.3 is 10.2 Å². The molecule has 2 heterocycles. The molecule has 0 spiro atoms. The van der Waals surface area contributed by atoms with Crippen molar-refractivity contribution in [2.24, 2.45) is 5.10 Å². The number of nitrogen functional groups attached to an aromatic ring is 1. The Labute approximate surface area is 143 Å². The first-order valence-corrected chi connectivity index (χ1v) is 7.03. The Bertz CT molecular complexity index is 961. The van der Waals surface area contributed by atoms with E-state index in [0.29, 0.717) is 0 Å². The zero-order valence-corrected chi connectivity index (χ0v) is 12.8. The van der Waals surface area contributed by atoms with Gasteiger partial charge in [0.05, 0.1) is 11.8 Å². The molecule has 3 rings (SSSR count). The molecule has 1 amide bonds. The number of hydrogen-bond donors (Lipinski definition) is 2. The summed E-state index contributed by atoms with van der Waals surface area (Å²) in [6.45, 7) is 0. The largest absolute Gasteiger partial charge is 0.455 e. The van der Waals surface area contributed by atoms with Crippen LogP contribution in [0.2, 0.25) is 0 Å². The summed E-state index contributed by atoms with van der Waals surface area (Å²) in [5, 5.41) is 10.2. The Morgan fingerprint density at radius 3 is 2.73 bits per heavy atom. The highest BCUT2D eigenvalue weighted by Crippen LogP contribution is 2.32. The monoisotopic (exact) mass is 365 g/mol. The van der Waals surface area contributed by atoms with Crippen LogP contribution in [0, 0.1) is 0 Å². The number of nitrogens with one attached hydrogen (secondary N) is 1. The Morgan fingerprint density at radius 2 is 2.04 bits per heavy atom. The van der Waals surface area contributed by atoms with Crippen LogP contribution in [0.4, 0.5) is 19.0 Å². The molecule has 0 unspecified atom stereocenters. The molecule has 0 saturated carbocycles. The zero-order chi connectivity index (χ0) is 18.7. The Morgan fingerprint density at radius 1 is 1.23 bits per heavy atom. The Hall–Kier alpha value is -3.63. The van der Waals surface area contributed by atoms with Crippen molar-refractivity contribution in [3.05, 3.63) is 53.4 Å². The molecular formula is C15H10F3N5O3. The molecule has 3 aromatic rings. The quantitative estimate of drug-likeness (QED) is 0.542. The summed E-state index contributed by atoms with van der Waals surface area (Å²) in [6, 6.07) is 7.67. The van der Waals surface area contributed by atoms with Crippen LogP contribution in [0.5, 0.6) is 0 Å². The van der Waals surface area contributed by atoms with Gasteiger partial charge in [0.2, 0.25) is 11.5 Å². The lowest BCUT2D eigenvalue weighted by Gasteiger charge is -2.07. The summed E-state index contributed by atoms with van der Waals surface area (Å²) >= 11 is 0. The highest BCUT2D eigenvalue weighted by molar-refractivity contribution is 5.96. The number of rotatable bonds is 4. The fourth-order valence-corrected chi connectivity index (χ4v) is 1.99. The highest BCUT2D eigenvalue weighted by Gasteiger charge is 2.30. The van der Waals surface area contributed by atoms with E-state index in [1.54, 1.807) is 0 Å². The molecule has 0 aliphatic heterocycles. The van der Waals surface area contributed by atoms with Crippen molar-refractivity contribution >= 4 is 17.9 Å². The molecule has 0 bridgehead atoms. The molecule has 0 radical (unpaired) electrons. The minimum absolute atomic E-state index is 0.192. The van der Waals surface area contributed by atoms with Gasteiger partial charge in [-0.1, -0.05) is 12.1 Å². The number of anilines is 1. The lowest BCUT2D eigenvalue weighted by atomic mass is 10.1. The summed E-state index contributed by atoms with van der Waals surface area (Å²) in [7, 11) is 0. The standard InChI is InChI=1S/C15H10F3N5O3/c16-15(17,18)9-3-1-2-8(6-9)11-5-4-10(25-11)7-20-21-14(24)12-13(19)23-26-22-12/h1-7H,(H2,19,23)(H,21,24)/b20-7-. The summed E-state index contributed by atoms with van der Waals surface area (Å²) in [5.41, 5.74) is 6.73. The third-order valence-electron chi connectivity index (χ3n) is 3.19. The average Bonchev–Trinajstić information content (AvgIpc) is 3.23. The van der Waals surface area contributed by atoms with Gasteiger partial charge in [0, 0.05) is 5.56 Å². The second-order valence-electron chi connectivity index (χ2n) is 4.98. The van der Waals surface area contributed by atoms with E-state index in [9.17, 15) is 18.0 Å². The topological polar surface area (TPSA) is 120 Å². The van der Waals surface area contributed by atoms with E-state index in [-0.39, 0.29) is 28.6 Å². The average molecular weight is 365 g/mol. The second-order valence-corrected chi connectivity index (χ2v) is 4.98. The smallest absolute Gasteiger partial charge is 0.416 e. The van der Waals surface area contributed by atoms with Gasteiger partial charge in [-0.05, 0) is 34.6 Å². The van der Waals surface area contributed by atoms with Gasteiger partial charge in [0.25, 0.3) is 5.91 Å².